The molecule has 1 saturated heterocycles. The second-order valence-corrected chi connectivity index (χ2v) is 10.6. The van der Waals surface area contributed by atoms with Crippen LogP contribution in [0.25, 0.3) is 17.7 Å². The van der Waals surface area contributed by atoms with Crippen molar-refractivity contribution in [2.75, 3.05) is 19.6 Å². The van der Waals surface area contributed by atoms with Gasteiger partial charge in [-0.05, 0) is 78.1 Å². The van der Waals surface area contributed by atoms with E-state index >= 15 is 0 Å². The molecule has 5 rings (SSSR count). The summed E-state index contributed by atoms with van der Waals surface area (Å²) in [6.45, 7) is 4.59. The molecular weight excluding hydrogens is 529 g/mol. The molecule has 0 aromatic heterocycles. The largest absolute Gasteiger partial charge is 0.416 e. The summed E-state index contributed by atoms with van der Waals surface area (Å²) in [6.07, 6.45) is 3.73. The van der Waals surface area contributed by atoms with E-state index in [9.17, 15) is 18.4 Å². The molecule has 3 aromatic carbocycles. The maximum absolute atomic E-state index is 13.3. The lowest BCUT2D eigenvalue weighted by Gasteiger charge is -2.32. The van der Waals surface area contributed by atoms with Gasteiger partial charge >= 0.3 is 6.18 Å². The maximum atomic E-state index is 13.3. The van der Waals surface area contributed by atoms with Gasteiger partial charge in [0.05, 0.1) is 17.0 Å². The fourth-order valence-electron chi connectivity index (χ4n) is 6.06. The Morgan fingerprint density at radius 2 is 1.40 bits per heavy atom. The Morgan fingerprint density at radius 1 is 0.825 bits per heavy atom. The van der Waals surface area contributed by atoms with Crippen molar-refractivity contribution < 1.29 is 13.2 Å². The van der Waals surface area contributed by atoms with Crippen molar-refractivity contribution in [1.29, 1.82) is 5.26 Å². The Kier molecular flexibility index (Phi) is 9.23. The average Bonchev–Trinajstić information content (AvgIpc) is 3.13. The van der Waals surface area contributed by atoms with Gasteiger partial charge in [0.1, 0.15) is 0 Å². The van der Waals surface area contributed by atoms with E-state index in [1.165, 1.54) is 39.5 Å². The Bertz CT molecular complexity index is 1390. The van der Waals surface area contributed by atoms with Gasteiger partial charge in [-0.15, -0.1) is 12.4 Å². The number of alkyl halides is 3. The van der Waals surface area contributed by atoms with Crippen molar-refractivity contribution in [2.24, 2.45) is 0 Å². The quantitative estimate of drug-likeness (QED) is 0.234. The highest BCUT2D eigenvalue weighted by Gasteiger charge is 2.35. The molecule has 0 spiro atoms. The predicted molar refractivity (Wildman–Crippen MR) is 159 cm³/mol. The second-order valence-electron chi connectivity index (χ2n) is 10.6. The van der Waals surface area contributed by atoms with Gasteiger partial charge in [0, 0.05) is 13.1 Å². The van der Waals surface area contributed by atoms with Gasteiger partial charge in [-0.3, -0.25) is 0 Å². The van der Waals surface area contributed by atoms with E-state index in [2.05, 4.69) is 71.7 Å². The van der Waals surface area contributed by atoms with Crippen LogP contribution >= 0.6 is 12.4 Å². The standard InChI is InChI=1S/C34H33F3N2.ClH/c1-2-33(24-38,28-11-7-12-29(23-28)34(35,36)37)19-8-20-39-21-17-27(18-22-39)32-30-13-5-3-9-25(30)15-16-26-10-4-6-14-31(26)32;/h3-7,9-16,23H,2,8,17-22H2,1H3;1H. The lowest BCUT2D eigenvalue weighted by Crippen LogP contribution is -2.33. The Labute approximate surface area is 241 Å². The van der Waals surface area contributed by atoms with E-state index in [1.54, 1.807) is 6.07 Å². The van der Waals surface area contributed by atoms with Crippen molar-refractivity contribution in [3.8, 4) is 6.07 Å². The summed E-state index contributed by atoms with van der Waals surface area (Å²) < 4.78 is 39.9. The molecule has 0 bridgehead atoms. The number of fused-ring (bicyclic) bond motifs is 2. The molecule has 3 aromatic rings. The number of hydrogen-bond donors (Lipinski definition) is 0. The zero-order chi connectivity index (χ0) is 27.5. The van der Waals surface area contributed by atoms with Gasteiger partial charge in [0.25, 0.3) is 0 Å². The second kappa shape index (κ2) is 12.5. The third kappa shape index (κ3) is 6.04. The maximum Gasteiger partial charge on any atom is 0.416 e. The zero-order valence-corrected chi connectivity index (χ0v) is 23.5. The number of benzene rings is 3. The lowest BCUT2D eigenvalue weighted by atomic mass is 9.75. The van der Waals surface area contributed by atoms with Gasteiger partial charge in [-0.25, -0.2) is 0 Å². The molecule has 0 radical (unpaired) electrons. The SMILES string of the molecule is CCC(C#N)(CCCN1CCC(=C2c3ccccc3C=Cc3ccccc32)CC1)c1cccc(C(F)(F)F)c1.Cl. The van der Waals surface area contributed by atoms with Gasteiger partial charge in [-0.1, -0.05) is 91.4 Å². The van der Waals surface area contributed by atoms with Crippen LogP contribution < -0.4 is 0 Å². The molecule has 2 aliphatic rings. The number of nitriles is 1. The average molecular weight is 563 g/mol. The molecule has 1 atom stereocenters. The summed E-state index contributed by atoms with van der Waals surface area (Å²) in [4.78, 5) is 2.43. The van der Waals surface area contributed by atoms with Crippen LogP contribution in [0, 0.1) is 11.3 Å². The van der Waals surface area contributed by atoms with Crippen LogP contribution in [0.1, 0.15) is 72.4 Å². The normalized spacial score (nSPS) is 16.7. The van der Waals surface area contributed by atoms with E-state index in [1.807, 2.05) is 6.92 Å². The molecular formula is C34H34ClF3N2. The lowest BCUT2D eigenvalue weighted by molar-refractivity contribution is -0.137. The molecule has 40 heavy (non-hydrogen) atoms. The van der Waals surface area contributed by atoms with E-state index in [-0.39, 0.29) is 12.4 Å². The van der Waals surface area contributed by atoms with Crippen LogP contribution in [-0.2, 0) is 11.6 Å². The van der Waals surface area contributed by atoms with Gasteiger partial charge in [0.2, 0.25) is 0 Å². The van der Waals surface area contributed by atoms with Crippen molar-refractivity contribution in [3.63, 3.8) is 0 Å². The highest BCUT2D eigenvalue weighted by Crippen LogP contribution is 2.40. The van der Waals surface area contributed by atoms with Crippen LogP contribution in [0.5, 0.6) is 0 Å². The minimum absolute atomic E-state index is 0. The predicted octanol–water partition coefficient (Wildman–Crippen LogP) is 9.16. The monoisotopic (exact) mass is 562 g/mol. The topological polar surface area (TPSA) is 27.0 Å². The van der Waals surface area contributed by atoms with Crippen molar-refractivity contribution in [2.45, 2.75) is 50.6 Å². The number of nitrogens with zero attached hydrogens (tertiary/aromatic N) is 2. The molecule has 1 heterocycles. The van der Waals surface area contributed by atoms with Crippen LogP contribution in [0.15, 0.2) is 78.4 Å². The smallest absolute Gasteiger partial charge is 0.303 e. The molecule has 6 heteroatoms. The van der Waals surface area contributed by atoms with Gasteiger partial charge < -0.3 is 4.90 Å². The minimum Gasteiger partial charge on any atom is -0.303 e. The Hall–Kier alpha value is -3.33. The molecule has 0 amide bonds. The Balaban J connectivity index is 0.00000370. The van der Waals surface area contributed by atoms with E-state index in [0.717, 1.165) is 51.0 Å². The first-order valence-corrected chi connectivity index (χ1v) is 13.7. The van der Waals surface area contributed by atoms with Crippen LogP contribution in [0.3, 0.4) is 0 Å². The summed E-state index contributed by atoms with van der Waals surface area (Å²) in [5, 5.41) is 10.1. The van der Waals surface area contributed by atoms with E-state index in [0.29, 0.717) is 18.4 Å². The fourth-order valence-corrected chi connectivity index (χ4v) is 6.06. The minimum atomic E-state index is -4.42. The zero-order valence-electron chi connectivity index (χ0n) is 22.7. The van der Waals surface area contributed by atoms with Crippen molar-refractivity contribution in [3.05, 3.63) is 112 Å². The number of piperidine rings is 1. The number of hydrogen-bond acceptors (Lipinski definition) is 2. The summed E-state index contributed by atoms with van der Waals surface area (Å²) in [6, 6.07) is 24.8. The number of rotatable bonds is 6. The van der Waals surface area contributed by atoms with Crippen molar-refractivity contribution >= 4 is 30.1 Å². The molecule has 1 fully saturated rings. The molecule has 0 N–H and O–H groups in total. The highest BCUT2D eigenvalue weighted by atomic mass is 35.5. The molecule has 2 nitrogen and oxygen atoms in total. The van der Waals surface area contributed by atoms with Gasteiger partial charge in [0.15, 0.2) is 0 Å². The molecule has 1 aliphatic heterocycles. The molecule has 1 unspecified atom stereocenters. The van der Waals surface area contributed by atoms with Gasteiger partial charge in [-0.2, -0.15) is 18.4 Å². The van der Waals surface area contributed by atoms with Crippen LogP contribution in [-0.4, -0.2) is 24.5 Å². The molecule has 0 saturated carbocycles. The first-order chi connectivity index (χ1) is 18.8. The summed E-state index contributed by atoms with van der Waals surface area (Å²) >= 11 is 0. The van der Waals surface area contributed by atoms with Crippen molar-refractivity contribution in [1.82, 2.24) is 4.90 Å². The highest BCUT2D eigenvalue weighted by molar-refractivity contribution is 5.94. The third-order valence-corrected chi connectivity index (χ3v) is 8.35. The van der Waals surface area contributed by atoms with E-state index < -0.39 is 17.2 Å². The fraction of sp³-hybridized carbons (Fsp3) is 0.324. The van der Waals surface area contributed by atoms with E-state index in [4.69, 9.17) is 0 Å². The van der Waals surface area contributed by atoms with Crippen LogP contribution in [0.4, 0.5) is 13.2 Å². The third-order valence-electron chi connectivity index (χ3n) is 8.35. The Morgan fingerprint density at radius 3 is 1.95 bits per heavy atom. The summed E-state index contributed by atoms with van der Waals surface area (Å²) in [7, 11) is 0. The summed E-state index contributed by atoms with van der Waals surface area (Å²) in [5.41, 5.74) is 6.72. The first-order valence-electron chi connectivity index (χ1n) is 13.7. The number of halogens is 4. The molecule has 208 valence electrons. The number of likely N-dealkylation sites (tertiary alicyclic amines) is 1. The summed E-state index contributed by atoms with van der Waals surface area (Å²) in [5.74, 6) is 0. The van der Waals surface area contributed by atoms with Crippen LogP contribution in [0.2, 0.25) is 0 Å². The molecule has 1 aliphatic carbocycles. The first kappa shape index (κ1) is 29.6.